The van der Waals surface area contributed by atoms with Crippen LogP contribution in [0.25, 0.3) is 0 Å². The van der Waals surface area contributed by atoms with Gasteiger partial charge in [0.25, 0.3) is 0 Å². The van der Waals surface area contributed by atoms with Crippen LogP contribution in [-0.2, 0) is 4.79 Å². The summed E-state index contributed by atoms with van der Waals surface area (Å²) in [4.78, 5) is 13.5. The molecule has 0 aliphatic heterocycles. The molecular formula is C9H18N2O. The van der Waals surface area contributed by atoms with E-state index in [0.717, 1.165) is 6.42 Å². The van der Waals surface area contributed by atoms with Crippen molar-refractivity contribution >= 4 is 5.91 Å². The predicted molar refractivity (Wildman–Crippen MR) is 48.6 cm³/mol. The zero-order chi connectivity index (χ0) is 9.14. The number of rotatable bonds is 4. The summed E-state index contributed by atoms with van der Waals surface area (Å²) in [5, 5.41) is 0. The Hall–Kier alpha value is -0.570. The predicted octanol–water partition coefficient (Wildman–Crippen LogP) is 0.592. The summed E-state index contributed by atoms with van der Waals surface area (Å²) < 4.78 is 0. The molecule has 0 heterocycles. The minimum absolute atomic E-state index is 0.0978. The van der Waals surface area contributed by atoms with Gasteiger partial charge in [0.1, 0.15) is 0 Å². The van der Waals surface area contributed by atoms with E-state index in [4.69, 9.17) is 5.73 Å². The molecule has 1 saturated carbocycles. The van der Waals surface area contributed by atoms with E-state index in [-0.39, 0.29) is 11.8 Å². The lowest BCUT2D eigenvalue weighted by molar-refractivity contribution is -0.134. The molecule has 1 fully saturated rings. The van der Waals surface area contributed by atoms with Crippen molar-refractivity contribution in [2.45, 2.75) is 32.2 Å². The van der Waals surface area contributed by atoms with Crippen molar-refractivity contribution in [3.63, 3.8) is 0 Å². The lowest BCUT2D eigenvalue weighted by atomic mass is 10.1. The fourth-order valence-corrected chi connectivity index (χ4v) is 1.36. The number of carbonyl (C=O) groups excluding carboxylic acids is 1. The smallest absolute Gasteiger partial charge is 0.225 e. The van der Waals surface area contributed by atoms with E-state index in [9.17, 15) is 4.79 Å². The van der Waals surface area contributed by atoms with Crippen LogP contribution in [0, 0.1) is 5.92 Å². The lowest BCUT2D eigenvalue weighted by Gasteiger charge is -2.20. The monoisotopic (exact) mass is 170 g/mol. The normalized spacial score (nSPS) is 18.9. The molecule has 3 heteroatoms. The van der Waals surface area contributed by atoms with E-state index in [2.05, 4.69) is 0 Å². The second kappa shape index (κ2) is 3.90. The molecule has 70 valence electrons. The summed E-state index contributed by atoms with van der Waals surface area (Å²) >= 11 is 0. The Kier molecular flexibility index (Phi) is 3.09. The minimum atomic E-state index is 0.0978. The van der Waals surface area contributed by atoms with E-state index < -0.39 is 0 Å². The van der Waals surface area contributed by atoms with Crippen molar-refractivity contribution in [3.05, 3.63) is 0 Å². The van der Waals surface area contributed by atoms with Crippen molar-refractivity contribution in [2.75, 3.05) is 13.6 Å². The van der Waals surface area contributed by atoms with Gasteiger partial charge in [0.15, 0.2) is 0 Å². The molecule has 1 amide bonds. The molecule has 0 bridgehead atoms. The van der Waals surface area contributed by atoms with Crippen LogP contribution in [0.15, 0.2) is 0 Å². The van der Waals surface area contributed by atoms with Gasteiger partial charge in [0, 0.05) is 19.0 Å². The van der Waals surface area contributed by atoms with Crippen molar-refractivity contribution in [2.24, 2.45) is 11.7 Å². The molecule has 2 N–H and O–H groups in total. The summed E-state index contributed by atoms with van der Waals surface area (Å²) in [5.74, 6) is 0.351. The lowest BCUT2D eigenvalue weighted by Crippen LogP contribution is -2.34. The summed E-state index contributed by atoms with van der Waals surface area (Å²) in [6.07, 6.45) is 3.16. The summed E-state index contributed by atoms with van der Waals surface area (Å²) in [7, 11) is 1.90. The average molecular weight is 170 g/mol. The Morgan fingerprint density at radius 3 is 2.67 bits per heavy atom. The number of nitrogens with zero attached hydrogens (tertiary/aromatic N) is 1. The molecule has 0 aromatic heterocycles. The Bertz CT molecular complexity index is 166. The molecule has 0 aromatic carbocycles. The summed E-state index contributed by atoms with van der Waals surface area (Å²) in [5.41, 5.74) is 5.39. The maximum atomic E-state index is 11.6. The van der Waals surface area contributed by atoms with Crippen LogP contribution in [0.1, 0.15) is 26.2 Å². The molecule has 0 radical (unpaired) electrons. The highest BCUT2D eigenvalue weighted by Crippen LogP contribution is 2.26. The fraction of sp³-hybridized carbons (Fsp3) is 0.889. The third kappa shape index (κ3) is 2.21. The van der Waals surface area contributed by atoms with Crippen molar-refractivity contribution < 1.29 is 4.79 Å². The molecule has 0 aromatic rings. The van der Waals surface area contributed by atoms with Gasteiger partial charge in [-0.1, -0.05) is 6.92 Å². The second-order valence-corrected chi connectivity index (χ2v) is 3.66. The van der Waals surface area contributed by atoms with Gasteiger partial charge in [0.05, 0.1) is 0 Å². The Morgan fingerprint density at radius 2 is 2.25 bits per heavy atom. The third-order valence-corrected chi connectivity index (χ3v) is 2.46. The number of carbonyl (C=O) groups is 1. The molecule has 12 heavy (non-hydrogen) atoms. The molecule has 1 aliphatic carbocycles. The molecule has 1 atom stereocenters. The standard InChI is InChI=1S/C9H18N2O/c1-7(5-6-10)9(12)11(2)8-3-4-8/h7-8H,3-6,10H2,1-2H3. The first-order valence-electron chi connectivity index (χ1n) is 4.63. The first kappa shape index (κ1) is 9.52. The average Bonchev–Trinajstić information content (AvgIpc) is 2.84. The molecule has 1 unspecified atom stereocenters. The maximum Gasteiger partial charge on any atom is 0.225 e. The van der Waals surface area contributed by atoms with E-state index in [1.165, 1.54) is 12.8 Å². The van der Waals surface area contributed by atoms with E-state index in [1.807, 2.05) is 18.9 Å². The van der Waals surface area contributed by atoms with Gasteiger partial charge >= 0.3 is 0 Å². The van der Waals surface area contributed by atoms with Crippen LogP contribution >= 0.6 is 0 Å². The van der Waals surface area contributed by atoms with Gasteiger partial charge in [-0.05, 0) is 25.8 Å². The number of hydrogen-bond donors (Lipinski definition) is 1. The van der Waals surface area contributed by atoms with Crippen molar-refractivity contribution in [1.29, 1.82) is 0 Å². The minimum Gasteiger partial charge on any atom is -0.343 e. The van der Waals surface area contributed by atoms with Gasteiger partial charge < -0.3 is 10.6 Å². The summed E-state index contributed by atoms with van der Waals surface area (Å²) in [6, 6.07) is 0.526. The first-order valence-corrected chi connectivity index (χ1v) is 4.63. The molecular weight excluding hydrogens is 152 g/mol. The van der Waals surface area contributed by atoms with E-state index in [0.29, 0.717) is 12.6 Å². The Labute approximate surface area is 73.9 Å². The van der Waals surface area contributed by atoms with Crippen LogP contribution in [0.3, 0.4) is 0 Å². The highest BCUT2D eigenvalue weighted by atomic mass is 16.2. The van der Waals surface area contributed by atoms with Gasteiger partial charge in [-0.2, -0.15) is 0 Å². The van der Waals surface area contributed by atoms with Crippen LogP contribution in [0.2, 0.25) is 0 Å². The van der Waals surface area contributed by atoms with Gasteiger partial charge in [-0.15, -0.1) is 0 Å². The van der Waals surface area contributed by atoms with Crippen molar-refractivity contribution in [3.8, 4) is 0 Å². The van der Waals surface area contributed by atoms with Gasteiger partial charge in [0.2, 0.25) is 5.91 Å². The maximum absolute atomic E-state index is 11.6. The number of hydrogen-bond acceptors (Lipinski definition) is 2. The van der Waals surface area contributed by atoms with E-state index >= 15 is 0 Å². The first-order chi connectivity index (χ1) is 5.66. The zero-order valence-electron chi connectivity index (χ0n) is 7.92. The SMILES string of the molecule is CC(CCN)C(=O)N(C)C1CC1. The molecule has 1 rings (SSSR count). The van der Waals surface area contributed by atoms with Crippen LogP contribution in [0.4, 0.5) is 0 Å². The highest BCUT2D eigenvalue weighted by molar-refractivity contribution is 5.78. The molecule has 0 saturated heterocycles. The van der Waals surface area contributed by atoms with Crippen molar-refractivity contribution in [1.82, 2.24) is 4.90 Å². The summed E-state index contributed by atoms with van der Waals surface area (Å²) in [6.45, 7) is 2.56. The molecule has 1 aliphatic rings. The fourth-order valence-electron chi connectivity index (χ4n) is 1.36. The van der Waals surface area contributed by atoms with Gasteiger partial charge in [-0.25, -0.2) is 0 Å². The largest absolute Gasteiger partial charge is 0.343 e. The highest BCUT2D eigenvalue weighted by Gasteiger charge is 2.31. The Morgan fingerprint density at radius 1 is 1.67 bits per heavy atom. The molecule has 0 spiro atoms. The van der Waals surface area contributed by atoms with Crippen LogP contribution < -0.4 is 5.73 Å². The van der Waals surface area contributed by atoms with Crippen LogP contribution in [0.5, 0.6) is 0 Å². The number of amides is 1. The van der Waals surface area contributed by atoms with Crippen LogP contribution in [-0.4, -0.2) is 30.4 Å². The number of nitrogens with two attached hydrogens (primary N) is 1. The third-order valence-electron chi connectivity index (χ3n) is 2.46. The molecule has 3 nitrogen and oxygen atoms in total. The zero-order valence-corrected chi connectivity index (χ0v) is 7.92. The van der Waals surface area contributed by atoms with Gasteiger partial charge in [-0.3, -0.25) is 4.79 Å². The Balaban J connectivity index is 2.33. The van der Waals surface area contributed by atoms with E-state index in [1.54, 1.807) is 0 Å². The quantitative estimate of drug-likeness (QED) is 0.671. The second-order valence-electron chi connectivity index (χ2n) is 3.66. The topological polar surface area (TPSA) is 46.3 Å².